The van der Waals surface area contributed by atoms with Gasteiger partial charge in [-0.05, 0) is 65.7 Å². The van der Waals surface area contributed by atoms with E-state index in [9.17, 15) is 4.79 Å². The molecule has 1 fully saturated rings. The van der Waals surface area contributed by atoms with E-state index in [1.54, 1.807) is 30.0 Å². The van der Waals surface area contributed by atoms with E-state index in [0.717, 1.165) is 32.6 Å². The number of nitrogens with zero attached hydrogens (tertiary/aromatic N) is 3. The first kappa shape index (κ1) is 22.7. The molecule has 6 nitrogen and oxygen atoms in total. The van der Waals surface area contributed by atoms with Crippen LogP contribution >= 0.6 is 39.1 Å². The second-order valence-corrected chi connectivity index (χ2v) is 10.6. The molecule has 0 radical (unpaired) electrons. The van der Waals surface area contributed by atoms with Gasteiger partial charge in [-0.2, -0.15) is 5.10 Å². The summed E-state index contributed by atoms with van der Waals surface area (Å²) in [5, 5.41) is 5.81. The first-order valence-corrected chi connectivity index (χ1v) is 12.1. The van der Waals surface area contributed by atoms with Crippen LogP contribution in [0.5, 0.6) is 5.75 Å². The number of ether oxygens (including phenoxy) is 2. The van der Waals surface area contributed by atoms with Crippen molar-refractivity contribution < 1.29 is 14.3 Å². The number of aromatic nitrogens is 2. The fourth-order valence-corrected chi connectivity index (χ4v) is 5.61. The topological polar surface area (TPSA) is 56.6 Å². The van der Waals surface area contributed by atoms with Crippen LogP contribution in [0.15, 0.2) is 34.8 Å². The van der Waals surface area contributed by atoms with Crippen molar-refractivity contribution in [3.8, 4) is 22.7 Å². The van der Waals surface area contributed by atoms with Gasteiger partial charge >= 0.3 is 0 Å². The summed E-state index contributed by atoms with van der Waals surface area (Å²) in [6, 6.07) is 9.28. The Labute approximate surface area is 210 Å². The van der Waals surface area contributed by atoms with Gasteiger partial charge in [-0.1, -0.05) is 23.2 Å². The maximum absolute atomic E-state index is 13.8. The number of rotatable bonds is 3. The largest absolute Gasteiger partial charge is 0.496 e. The minimum Gasteiger partial charge on any atom is -0.496 e. The van der Waals surface area contributed by atoms with Crippen molar-refractivity contribution in [1.82, 2.24) is 14.7 Å². The number of benzene rings is 2. The molecule has 33 heavy (non-hydrogen) atoms. The Balaban J connectivity index is 1.71. The quantitative estimate of drug-likeness (QED) is 0.325. The molecular weight excluding hydrogens is 529 g/mol. The smallest absolute Gasteiger partial charge is 0.275 e. The zero-order chi connectivity index (χ0) is 23.5. The van der Waals surface area contributed by atoms with Crippen LogP contribution in [0.3, 0.4) is 0 Å². The van der Waals surface area contributed by atoms with Gasteiger partial charge in [0.25, 0.3) is 5.91 Å². The lowest BCUT2D eigenvalue weighted by Crippen LogP contribution is -2.55. The fourth-order valence-electron chi connectivity index (χ4n) is 4.59. The summed E-state index contributed by atoms with van der Waals surface area (Å²) in [5.74, 6) is 0.636. The van der Waals surface area contributed by atoms with Gasteiger partial charge in [0.15, 0.2) is 5.69 Å². The van der Waals surface area contributed by atoms with E-state index in [0.29, 0.717) is 47.6 Å². The number of carbonyl (C=O) groups is 1. The molecular formula is C24H22BrCl2N3O3. The molecule has 0 saturated carbocycles. The summed E-state index contributed by atoms with van der Waals surface area (Å²) in [5.41, 5.74) is 4.50. The fraction of sp³-hybridized carbons (Fsp3) is 0.333. The van der Waals surface area contributed by atoms with Crippen molar-refractivity contribution in [2.75, 3.05) is 26.9 Å². The van der Waals surface area contributed by atoms with Gasteiger partial charge in [-0.25, -0.2) is 4.68 Å². The lowest BCUT2D eigenvalue weighted by atomic mass is 10.0. The van der Waals surface area contributed by atoms with Crippen LogP contribution in [-0.2, 0) is 11.2 Å². The molecule has 1 aliphatic carbocycles. The highest BCUT2D eigenvalue weighted by Gasteiger charge is 2.39. The molecule has 1 amide bonds. The summed E-state index contributed by atoms with van der Waals surface area (Å²) < 4.78 is 13.7. The molecule has 0 unspecified atom stereocenters. The van der Waals surface area contributed by atoms with Crippen molar-refractivity contribution in [2.24, 2.45) is 0 Å². The molecule has 2 aromatic carbocycles. The Hall–Kier alpha value is -2.06. The van der Waals surface area contributed by atoms with Crippen LogP contribution in [0.1, 0.15) is 35.5 Å². The Morgan fingerprint density at radius 3 is 2.58 bits per heavy atom. The Kier molecular flexibility index (Phi) is 5.72. The highest BCUT2D eigenvalue weighted by atomic mass is 79.9. The van der Waals surface area contributed by atoms with E-state index in [2.05, 4.69) is 15.9 Å². The molecule has 1 saturated heterocycles. The molecule has 2 aliphatic rings. The van der Waals surface area contributed by atoms with Gasteiger partial charge in [-0.3, -0.25) is 4.79 Å². The number of fused-ring (bicyclic) bond motifs is 3. The molecule has 3 aromatic rings. The maximum atomic E-state index is 13.8. The van der Waals surface area contributed by atoms with Crippen molar-refractivity contribution in [2.45, 2.75) is 25.8 Å². The van der Waals surface area contributed by atoms with E-state index in [-0.39, 0.29) is 5.91 Å². The minimum atomic E-state index is -0.428. The zero-order valence-corrected chi connectivity index (χ0v) is 21.5. The molecule has 172 valence electrons. The molecule has 1 aromatic heterocycles. The lowest BCUT2D eigenvalue weighted by molar-refractivity contribution is -0.0373. The number of halogens is 3. The lowest BCUT2D eigenvalue weighted by Gasteiger charge is -2.41. The third-order valence-corrected chi connectivity index (χ3v) is 7.22. The first-order valence-electron chi connectivity index (χ1n) is 10.5. The highest BCUT2D eigenvalue weighted by molar-refractivity contribution is 9.10. The molecule has 0 atom stereocenters. The van der Waals surface area contributed by atoms with Crippen LogP contribution in [0, 0.1) is 0 Å². The number of carbonyl (C=O) groups excluding carboxylic acids is 1. The summed E-state index contributed by atoms with van der Waals surface area (Å²) in [6.07, 6.45) is 0.578. The molecule has 0 spiro atoms. The van der Waals surface area contributed by atoms with E-state index in [1.807, 2.05) is 30.9 Å². The van der Waals surface area contributed by atoms with Crippen molar-refractivity contribution in [3.05, 3.63) is 61.7 Å². The van der Waals surface area contributed by atoms with Crippen LogP contribution < -0.4 is 4.74 Å². The molecule has 2 heterocycles. The second kappa shape index (κ2) is 8.31. The number of methoxy groups -OCH3 is 1. The third-order valence-electron chi connectivity index (χ3n) is 6.17. The average Bonchev–Trinajstić information content (AvgIpc) is 3.29. The number of morpholine rings is 1. The number of amides is 1. The Morgan fingerprint density at radius 2 is 1.91 bits per heavy atom. The van der Waals surface area contributed by atoms with Crippen LogP contribution in [-0.4, -0.2) is 53.0 Å². The molecule has 5 rings (SSSR count). The molecule has 0 bridgehead atoms. The van der Waals surface area contributed by atoms with Gasteiger partial charge in [0.1, 0.15) is 5.75 Å². The minimum absolute atomic E-state index is 0.106. The van der Waals surface area contributed by atoms with Gasteiger partial charge < -0.3 is 14.4 Å². The molecule has 0 N–H and O–H groups in total. The van der Waals surface area contributed by atoms with Gasteiger partial charge in [0, 0.05) is 34.1 Å². The zero-order valence-electron chi connectivity index (χ0n) is 18.4. The van der Waals surface area contributed by atoms with E-state index < -0.39 is 5.54 Å². The van der Waals surface area contributed by atoms with Gasteiger partial charge in [0.2, 0.25) is 0 Å². The standard InChI is InChI=1S/C24H22BrCl2N3O3/c1-24(2)12-33-5-4-29(24)23(31)21-18-6-13-7-20(32-3)19(25)11-17(13)22(18)30(28-21)16-9-14(26)8-15(27)10-16/h7-11H,4-6,12H2,1-3H3. The predicted molar refractivity (Wildman–Crippen MR) is 132 cm³/mol. The van der Waals surface area contributed by atoms with Gasteiger partial charge in [-0.15, -0.1) is 0 Å². The highest BCUT2D eigenvalue weighted by Crippen LogP contribution is 2.44. The Bertz CT molecular complexity index is 1270. The first-order chi connectivity index (χ1) is 15.7. The number of hydrogen-bond donors (Lipinski definition) is 0. The molecule has 9 heteroatoms. The number of hydrogen-bond acceptors (Lipinski definition) is 4. The summed E-state index contributed by atoms with van der Waals surface area (Å²) in [4.78, 5) is 15.7. The average molecular weight is 551 g/mol. The third kappa shape index (κ3) is 3.85. The van der Waals surface area contributed by atoms with Crippen molar-refractivity contribution in [1.29, 1.82) is 0 Å². The van der Waals surface area contributed by atoms with Crippen molar-refractivity contribution >= 4 is 45.0 Å². The van der Waals surface area contributed by atoms with E-state index in [4.69, 9.17) is 37.8 Å². The van der Waals surface area contributed by atoms with Crippen LogP contribution in [0.25, 0.3) is 16.9 Å². The Morgan fingerprint density at radius 1 is 1.18 bits per heavy atom. The maximum Gasteiger partial charge on any atom is 0.275 e. The summed E-state index contributed by atoms with van der Waals surface area (Å²) >= 11 is 16.2. The SMILES string of the molecule is COc1cc2c(cc1Br)-c1c(c(C(=O)N3CCOCC3(C)C)nn1-c1cc(Cl)cc(Cl)c1)C2. The summed E-state index contributed by atoms with van der Waals surface area (Å²) in [7, 11) is 1.64. The van der Waals surface area contributed by atoms with E-state index in [1.165, 1.54) is 0 Å². The monoisotopic (exact) mass is 549 g/mol. The molecule has 1 aliphatic heterocycles. The normalized spacial score (nSPS) is 16.5. The van der Waals surface area contributed by atoms with E-state index >= 15 is 0 Å². The second-order valence-electron chi connectivity index (χ2n) is 8.86. The van der Waals surface area contributed by atoms with Gasteiger partial charge in [0.05, 0.1) is 41.7 Å². The van der Waals surface area contributed by atoms with Crippen LogP contribution in [0.2, 0.25) is 10.0 Å². The van der Waals surface area contributed by atoms with Crippen LogP contribution in [0.4, 0.5) is 0 Å². The summed E-state index contributed by atoms with van der Waals surface area (Å²) in [6.45, 7) is 5.52. The van der Waals surface area contributed by atoms with Crippen molar-refractivity contribution in [3.63, 3.8) is 0 Å². The predicted octanol–water partition coefficient (Wildman–Crippen LogP) is 5.77.